The smallest absolute Gasteiger partial charge is 0.234 e. The van der Waals surface area contributed by atoms with E-state index in [1.165, 1.54) is 0 Å². The van der Waals surface area contributed by atoms with E-state index in [0.717, 1.165) is 80.3 Å². The van der Waals surface area contributed by atoms with Crippen molar-refractivity contribution in [2.45, 2.75) is 38.6 Å². The molecule has 0 bridgehead atoms. The molecule has 0 radical (unpaired) electrons. The number of ether oxygens (including phenoxy) is 1. The number of likely N-dealkylation sites (tertiary alicyclic amines) is 1. The Balaban J connectivity index is 1.10. The van der Waals surface area contributed by atoms with E-state index < -0.39 is 5.41 Å². The van der Waals surface area contributed by atoms with E-state index in [4.69, 9.17) is 16.3 Å². The molecule has 3 N–H and O–H groups in total. The first-order valence-corrected chi connectivity index (χ1v) is 15.9. The zero-order valence-electron chi connectivity index (χ0n) is 26.3. The number of nitrogens with zero attached hydrogens (tertiary/aromatic N) is 5. The first-order chi connectivity index (χ1) is 21.6. The van der Waals surface area contributed by atoms with Gasteiger partial charge in [0.1, 0.15) is 10.8 Å². The second-order valence-electron chi connectivity index (χ2n) is 12.6. The summed E-state index contributed by atoms with van der Waals surface area (Å²) in [7, 11) is 3.75. The molecule has 12 heteroatoms. The third-order valence-electron chi connectivity index (χ3n) is 9.24. The van der Waals surface area contributed by atoms with E-state index in [-0.39, 0.29) is 11.8 Å². The Morgan fingerprint density at radius 3 is 2.60 bits per heavy atom. The molecule has 3 aliphatic rings. The van der Waals surface area contributed by atoms with Crippen molar-refractivity contribution in [3.05, 3.63) is 58.7 Å². The van der Waals surface area contributed by atoms with Crippen LogP contribution in [0.4, 0.5) is 28.8 Å². The van der Waals surface area contributed by atoms with Crippen LogP contribution < -0.4 is 25.6 Å². The van der Waals surface area contributed by atoms with Crippen LogP contribution in [0, 0.1) is 5.92 Å². The fourth-order valence-corrected chi connectivity index (χ4v) is 6.67. The molecule has 0 saturated carbocycles. The summed E-state index contributed by atoms with van der Waals surface area (Å²) in [5, 5.41) is 9.94. The molecule has 3 aromatic rings. The largest absolute Gasteiger partial charge is 0.494 e. The summed E-state index contributed by atoms with van der Waals surface area (Å²) < 4.78 is 5.74. The Morgan fingerprint density at radius 2 is 1.87 bits per heavy atom. The van der Waals surface area contributed by atoms with E-state index in [1.807, 2.05) is 55.1 Å². The summed E-state index contributed by atoms with van der Waals surface area (Å²) in [6, 6.07) is 11.8. The third-order valence-corrected chi connectivity index (χ3v) is 9.51. The molecule has 45 heavy (non-hydrogen) atoms. The third kappa shape index (κ3) is 6.37. The minimum Gasteiger partial charge on any atom is -0.494 e. The van der Waals surface area contributed by atoms with Crippen LogP contribution in [0.15, 0.2) is 42.6 Å². The maximum Gasteiger partial charge on any atom is 0.234 e. The van der Waals surface area contributed by atoms with Crippen LogP contribution in [0.25, 0.3) is 0 Å². The van der Waals surface area contributed by atoms with E-state index in [0.29, 0.717) is 35.0 Å². The van der Waals surface area contributed by atoms with E-state index in [1.54, 1.807) is 13.3 Å². The lowest BCUT2D eigenvalue weighted by atomic mass is 9.83. The highest BCUT2D eigenvalue weighted by atomic mass is 35.5. The van der Waals surface area contributed by atoms with Crippen LogP contribution in [0.5, 0.6) is 5.75 Å². The minimum absolute atomic E-state index is 0.0168. The van der Waals surface area contributed by atoms with Crippen molar-refractivity contribution in [2.75, 3.05) is 74.3 Å². The Bertz CT molecular complexity index is 1580. The highest BCUT2D eigenvalue weighted by Crippen LogP contribution is 2.40. The standard InChI is InChI=1S/C33H41ClN8O3/c1-33(2)28-22(6-5-7-26(28)37-31(33)44)19-35-29-24(34)20-36-32(39-29)38-25-9-8-23(18-27(25)45-4)41-14-16-42(17-15-41)30(43)21-10-12-40(3)13-11-21/h5-9,18,20-21H,10-17,19H2,1-4H3,(H,37,44)(H2,35,36,38,39). The van der Waals surface area contributed by atoms with Crippen LogP contribution >= 0.6 is 11.6 Å². The average Bonchev–Trinajstić information content (AvgIpc) is 3.29. The Labute approximate surface area is 269 Å². The lowest BCUT2D eigenvalue weighted by molar-refractivity contribution is -0.137. The Kier molecular flexibility index (Phi) is 8.74. The lowest BCUT2D eigenvalue weighted by Gasteiger charge is -2.39. The summed E-state index contributed by atoms with van der Waals surface area (Å²) in [4.78, 5) is 41.2. The summed E-state index contributed by atoms with van der Waals surface area (Å²) in [5.41, 5.74) is 3.92. The summed E-state index contributed by atoms with van der Waals surface area (Å²) >= 11 is 6.47. The number of piperidine rings is 1. The van der Waals surface area contributed by atoms with Gasteiger partial charge in [0, 0.05) is 56.1 Å². The van der Waals surface area contributed by atoms with Gasteiger partial charge < -0.3 is 35.4 Å². The highest BCUT2D eigenvalue weighted by Gasteiger charge is 2.40. The molecule has 11 nitrogen and oxygen atoms in total. The van der Waals surface area contributed by atoms with Crippen molar-refractivity contribution >= 4 is 52.2 Å². The number of nitrogens with one attached hydrogen (secondary N) is 3. The molecule has 6 rings (SSSR count). The molecule has 0 aliphatic carbocycles. The first kappa shape index (κ1) is 30.9. The SMILES string of the molecule is COc1cc(N2CCN(C(=O)C3CCN(C)CC3)CC2)ccc1Nc1ncc(Cl)c(NCc2cccc3c2C(C)(C)C(=O)N3)n1. The topological polar surface area (TPSA) is 115 Å². The second-order valence-corrected chi connectivity index (χ2v) is 13.0. The molecule has 0 atom stereocenters. The Hall–Kier alpha value is -4.09. The Morgan fingerprint density at radius 1 is 1.11 bits per heavy atom. The fraction of sp³-hybridized carbons (Fsp3) is 0.455. The number of benzene rings is 2. The number of aromatic nitrogens is 2. The monoisotopic (exact) mass is 632 g/mol. The second kappa shape index (κ2) is 12.7. The van der Waals surface area contributed by atoms with Crippen molar-refractivity contribution in [3.8, 4) is 5.75 Å². The number of carbonyl (C=O) groups excluding carboxylic acids is 2. The van der Waals surface area contributed by atoms with Crippen molar-refractivity contribution < 1.29 is 14.3 Å². The van der Waals surface area contributed by atoms with Crippen LogP contribution in [0.1, 0.15) is 37.8 Å². The number of anilines is 5. The molecule has 4 heterocycles. The van der Waals surface area contributed by atoms with Gasteiger partial charge in [-0.15, -0.1) is 0 Å². The molecule has 2 fully saturated rings. The van der Waals surface area contributed by atoms with E-state index >= 15 is 0 Å². The van der Waals surface area contributed by atoms with Crippen molar-refractivity contribution in [1.82, 2.24) is 19.8 Å². The molecule has 2 amide bonds. The molecule has 3 aliphatic heterocycles. The average molecular weight is 633 g/mol. The van der Waals surface area contributed by atoms with Crippen molar-refractivity contribution in [2.24, 2.45) is 5.92 Å². The van der Waals surface area contributed by atoms with Crippen LogP contribution in [0.2, 0.25) is 5.02 Å². The normalized spacial score (nSPS) is 18.4. The molecule has 2 saturated heterocycles. The summed E-state index contributed by atoms with van der Waals surface area (Å²) in [6.45, 7) is 9.25. The van der Waals surface area contributed by atoms with E-state index in [2.05, 4.69) is 42.8 Å². The number of rotatable bonds is 8. The number of hydrogen-bond acceptors (Lipinski definition) is 9. The fourth-order valence-electron chi connectivity index (χ4n) is 6.51. The lowest BCUT2D eigenvalue weighted by Crippen LogP contribution is -2.51. The van der Waals surface area contributed by atoms with Gasteiger partial charge in [0.15, 0.2) is 5.82 Å². The quantitative estimate of drug-likeness (QED) is 0.325. The van der Waals surface area contributed by atoms with Gasteiger partial charge in [0.2, 0.25) is 17.8 Å². The maximum absolute atomic E-state index is 13.1. The zero-order chi connectivity index (χ0) is 31.7. The number of carbonyl (C=O) groups is 2. The van der Waals surface area contributed by atoms with Gasteiger partial charge in [-0.25, -0.2) is 4.98 Å². The number of piperazine rings is 1. The van der Waals surface area contributed by atoms with Gasteiger partial charge in [-0.05, 0) is 76.2 Å². The molecular weight excluding hydrogens is 592 g/mol. The number of fused-ring (bicyclic) bond motifs is 1. The number of amides is 2. The molecule has 238 valence electrons. The summed E-state index contributed by atoms with van der Waals surface area (Å²) in [5.74, 6) is 1.94. The van der Waals surface area contributed by atoms with Gasteiger partial charge in [-0.2, -0.15) is 4.98 Å². The van der Waals surface area contributed by atoms with E-state index in [9.17, 15) is 9.59 Å². The molecular formula is C33H41ClN8O3. The number of halogens is 1. The van der Waals surface area contributed by atoms with Gasteiger partial charge in [-0.3, -0.25) is 9.59 Å². The molecule has 2 aromatic carbocycles. The predicted molar refractivity (Wildman–Crippen MR) is 178 cm³/mol. The van der Waals surface area contributed by atoms with Crippen LogP contribution in [-0.4, -0.2) is 85.0 Å². The summed E-state index contributed by atoms with van der Waals surface area (Å²) in [6.07, 6.45) is 3.45. The predicted octanol–water partition coefficient (Wildman–Crippen LogP) is 4.71. The number of methoxy groups -OCH3 is 1. The number of hydrogen-bond donors (Lipinski definition) is 3. The molecule has 0 spiro atoms. The van der Waals surface area contributed by atoms with Crippen molar-refractivity contribution in [1.29, 1.82) is 0 Å². The van der Waals surface area contributed by atoms with Crippen molar-refractivity contribution in [3.63, 3.8) is 0 Å². The molecule has 1 aromatic heterocycles. The maximum atomic E-state index is 13.1. The van der Waals surface area contributed by atoms with Gasteiger partial charge in [0.05, 0.1) is 24.4 Å². The zero-order valence-corrected chi connectivity index (χ0v) is 27.1. The first-order valence-electron chi connectivity index (χ1n) is 15.5. The van der Waals surface area contributed by atoms with Crippen LogP contribution in [-0.2, 0) is 21.5 Å². The van der Waals surface area contributed by atoms with Gasteiger partial charge >= 0.3 is 0 Å². The van der Waals surface area contributed by atoms with Gasteiger partial charge in [0.25, 0.3) is 0 Å². The molecule has 0 unspecified atom stereocenters. The van der Waals surface area contributed by atoms with Crippen LogP contribution in [0.3, 0.4) is 0 Å². The minimum atomic E-state index is -0.629. The van der Waals surface area contributed by atoms with Gasteiger partial charge in [-0.1, -0.05) is 23.7 Å². The highest BCUT2D eigenvalue weighted by molar-refractivity contribution is 6.32.